The lowest BCUT2D eigenvalue weighted by Crippen LogP contribution is -2.25. The van der Waals surface area contributed by atoms with E-state index in [1.54, 1.807) is 25.3 Å². The van der Waals surface area contributed by atoms with Gasteiger partial charge in [-0.05, 0) is 63.3 Å². The monoisotopic (exact) mass is 366 g/mol. The molecule has 0 saturated heterocycles. The summed E-state index contributed by atoms with van der Waals surface area (Å²) in [6.45, 7) is 3.67. The number of halogens is 1. The molecule has 0 spiro atoms. The minimum Gasteiger partial charge on any atom is -0.474 e. The first-order valence-corrected chi connectivity index (χ1v) is 9.38. The fourth-order valence-corrected chi connectivity index (χ4v) is 3.71. The molecule has 140 valence electrons. The van der Waals surface area contributed by atoms with Gasteiger partial charge in [-0.25, -0.2) is 9.37 Å². The molecule has 27 heavy (non-hydrogen) atoms. The summed E-state index contributed by atoms with van der Waals surface area (Å²) in [7, 11) is 0. The second kappa shape index (κ2) is 7.47. The van der Waals surface area contributed by atoms with Crippen LogP contribution in [-0.4, -0.2) is 25.9 Å². The Kier molecular flexibility index (Phi) is 4.88. The normalized spacial score (nSPS) is 19.8. The second-order valence-electron chi connectivity index (χ2n) is 7.13. The van der Waals surface area contributed by atoms with Gasteiger partial charge in [0.15, 0.2) is 0 Å². The van der Waals surface area contributed by atoms with Crippen LogP contribution in [0.5, 0.6) is 5.88 Å². The van der Waals surface area contributed by atoms with Gasteiger partial charge in [0.2, 0.25) is 5.88 Å². The highest BCUT2D eigenvalue weighted by Crippen LogP contribution is 2.35. The van der Waals surface area contributed by atoms with Gasteiger partial charge < -0.3 is 4.74 Å². The van der Waals surface area contributed by atoms with E-state index in [1.165, 1.54) is 0 Å². The lowest BCUT2D eigenvalue weighted by Gasteiger charge is -2.28. The zero-order valence-corrected chi connectivity index (χ0v) is 15.6. The highest BCUT2D eigenvalue weighted by atomic mass is 19.1. The first-order valence-electron chi connectivity index (χ1n) is 9.38. The number of nitrogens with zero attached hydrogens (tertiary/aromatic N) is 4. The molecule has 0 atom stereocenters. The maximum atomic E-state index is 14.1. The number of aromatic nitrogens is 4. The maximum Gasteiger partial charge on any atom is 0.213 e. The molecule has 4 rings (SSSR count). The minimum atomic E-state index is -0.209. The van der Waals surface area contributed by atoms with E-state index < -0.39 is 0 Å². The van der Waals surface area contributed by atoms with Crippen molar-refractivity contribution in [2.24, 2.45) is 0 Å². The Hall–Kier alpha value is -2.76. The van der Waals surface area contributed by atoms with Crippen LogP contribution in [0.25, 0.3) is 5.69 Å². The maximum absolute atomic E-state index is 14.1. The molecule has 1 fully saturated rings. The summed E-state index contributed by atoms with van der Waals surface area (Å²) >= 11 is 0. The van der Waals surface area contributed by atoms with Gasteiger partial charge in [-0.3, -0.25) is 4.57 Å². The van der Waals surface area contributed by atoms with Crippen LogP contribution in [0.2, 0.25) is 0 Å². The van der Waals surface area contributed by atoms with Gasteiger partial charge in [0.05, 0.1) is 5.69 Å². The quantitative estimate of drug-likeness (QED) is 0.681. The summed E-state index contributed by atoms with van der Waals surface area (Å²) in [6.07, 6.45) is 5.72. The topological polar surface area (TPSA) is 52.8 Å². The predicted octanol–water partition coefficient (Wildman–Crippen LogP) is 4.52. The van der Waals surface area contributed by atoms with Crippen LogP contribution in [0.3, 0.4) is 0 Å². The standard InChI is InChI=1S/C21H23FN4O/c1-14-6-9-17(13-19(14)22)26-15(2)24-25-21(26)16-7-10-18(11-8-16)27-20-5-3-4-12-23-20/h3-6,9,12-13,16,18H,7-8,10-11H2,1-2H3/t16-,18-. The number of ether oxygens (including phenoxy) is 1. The average Bonchev–Trinajstić information content (AvgIpc) is 3.07. The van der Waals surface area contributed by atoms with Gasteiger partial charge in [-0.2, -0.15) is 0 Å². The number of aryl methyl sites for hydroxylation is 2. The first kappa shape index (κ1) is 17.6. The van der Waals surface area contributed by atoms with Gasteiger partial charge in [-0.15, -0.1) is 10.2 Å². The Bertz CT molecular complexity index is 917. The van der Waals surface area contributed by atoms with E-state index >= 15 is 0 Å². The van der Waals surface area contributed by atoms with Crippen molar-refractivity contribution < 1.29 is 9.13 Å². The molecule has 2 heterocycles. The van der Waals surface area contributed by atoms with Crippen LogP contribution >= 0.6 is 0 Å². The molecule has 1 aromatic carbocycles. The van der Waals surface area contributed by atoms with Crippen molar-refractivity contribution >= 4 is 0 Å². The summed E-state index contributed by atoms with van der Waals surface area (Å²) in [5, 5.41) is 8.67. The lowest BCUT2D eigenvalue weighted by molar-refractivity contribution is 0.139. The summed E-state index contributed by atoms with van der Waals surface area (Å²) < 4.78 is 22.0. The first-order chi connectivity index (χ1) is 13.1. The molecular formula is C21H23FN4O. The molecule has 1 aliphatic carbocycles. The molecule has 2 aromatic heterocycles. The highest BCUT2D eigenvalue weighted by molar-refractivity contribution is 5.38. The summed E-state index contributed by atoms with van der Waals surface area (Å²) in [4.78, 5) is 4.24. The Morgan fingerprint density at radius 3 is 2.56 bits per heavy atom. The van der Waals surface area contributed by atoms with E-state index in [9.17, 15) is 4.39 Å². The summed E-state index contributed by atoms with van der Waals surface area (Å²) in [6, 6.07) is 11.0. The van der Waals surface area contributed by atoms with E-state index in [2.05, 4.69) is 15.2 Å². The molecule has 0 N–H and O–H groups in total. The van der Waals surface area contributed by atoms with E-state index in [0.29, 0.717) is 17.4 Å². The average molecular weight is 366 g/mol. The molecule has 1 saturated carbocycles. The van der Waals surface area contributed by atoms with E-state index in [4.69, 9.17) is 4.74 Å². The van der Waals surface area contributed by atoms with Crippen molar-refractivity contribution in [1.82, 2.24) is 19.7 Å². The molecule has 0 unspecified atom stereocenters. The van der Waals surface area contributed by atoms with Gasteiger partial charge in [0.1, 0.15) is 23.6 Å². The molecule has 0 aliphatic heterocycles. The van der Waals surface area contributed by atoms with E-state index in [0.717, 1.165) is 43.0 Å². The molecule has 5 nitrogen and oxygen atoms in total. The highest BCUT2D eigenvalue weighted by Gasteiger charge is 2.28. The molecule has 0 amide bonds. The van der Waals surface area contributed by atoms with Crippen LogP contribution in [0.15, 0.2) is 42.6 Å². The number of hydrogen-bond donors (Lipinski definition) is 0. The third-order valence-corrected chi connectivity index (χ3v) is 5.23. The Balaban J connectivity index is 1.50. The number of rotatable bonds is 4. The molecule has 6 heteroatoms. The Labute approximate surface area is 158 Å². The van der Waals surface area contributed by atoms with Crippen molar-refractivity contribution in [2.45, 2.75) is 51.6 Å². The predicted molar refractivity (Wildman–Crippen MR) is 101 cm³/mol. The molecule has 0 radical (unpaired) electrons. The molecule has 1 aliphatic rings. The van der Waals surface area contributed by atoms with Crippen LogP contribution in [0.4, 0.5) is 4.39 Å². The smallest absolute Gasteiger partial charge is 0.213 e. The van der Waals surface area contributed by atoms with Crippen LogP contribution in [-0.2, 0) is 0 Å². The van der Waals surface area contributed by atoms with Gasteiger partial charge in [0.25, 0.3) is 0 Å². The Morgan fingerprint density at radius 2 is 1.85 bits per heavy atom. The van der Waals surface area contributed by atoms with Crippen molar-refractivity contribution in [3.05, 3.63) is 65.6 Å². The van der Waals surface area contributed by atoms with Crippen molar-refractivity contribution in [3.8, 4) is 11.6 Å². The number of hydrogen-bond acceptors (Lipinski definition) is 4. The lowest BCUT2D eigenvalue weighted by atomic mass is 9.86. The molecular weight excluding hydrogens is 343 g/mol. The SMILES string of the molecule is Cc1ccc(-n2c(C)nnc2[C@H]2CC[C@H](Oc3ccccn3)CC2)cc1F. The minimum absolute atomic E-state index is 0.172. The largest absolute Gasteiger partial charge is 0.474 e. The van der Waals surface area contributed by atoms with E-state index in [-0.39, 0.29) is 11.9 Å². The summed E-state index contributed by atoms with van der Waals surface area (Å²) in [5.74, 6) is 2.44. The van der Waals surface area contributed by atoms with Gasteiger partial charge in [0, 0.05) is 18.2 Å². The fraction of sp³-hybridized carbons (Fsp3) is 0.381. The van der Waals surface area contributed by atoms with Gasteiger partial charge in [-0.1, -0.05) is 12.1 Å². The molecule has 0 bridgehead atoms. The fourth-order valence-electron chi connectivity index (χ4n) is 3.71. The number of benzene rings is 1. The van der Waals surface area contributed by atoms with E-state index in [1.807, 2.05) is 35.8 Å². The Morgan fingerprint density at radius 1 is 1.04 bits per heavy atom. The third kappa shape index (κ3) is 3.70. The zero-order chi connectivity index (χ0) is 18.8. The van der Waals surface area contributed by atoms with Crippen LogP contribution in [0, 0.1) is 19.7 Å². The summed E-state index contributed by atoms with van der Waals surface area (Å²) in [5.41, 5.74) is 1.42. The molecule has 3 aromatic rings. The third-order valence-electron chi connectivity index (χ3n) is 5.23. The zero-order valence-electron chi connectivity index (χ0n) is 15.6. The number of pyridine rings is 1. The van der Waals surface area contributed by atoms with Crippen molar-refractivity contribution in [3.63, 3.8) is 0 Å². The van der Waals surface area contributed by atoms with Crippen LogP contribution in [0.1, 0.15) is 48.8 Å². The second-order valence-corrected chi connectivity index (χ2v) is 7.13. The van der Waals surface area contributed by atoms with Crippen LogP contribution < -0.4 is 4.74 Å². The van der Waals surface area contributed by atoms with Crippen molar-refractivity contribution in [1.29, 1.82) is 0 Å². The van der Waals surface area contributed by atoms with Crippen molar-refractivity contribution in [2.75, 3.05) is 0 Å². The van der Waals surface area contributed by atoms with Gasteiger partial charge >= 0.3 is 0 Å².